The molecule has 2 aliphatic rings. The number of hydrogen-bond acceptors (Lipinski definition) is 3. The second-order valence-electron chi connectivity index (χ2n) is 6.51. The average molecular weight is 295 g/mol. The number of phenolic OH excluding ortho intramolecular Hbond substituents is 1. The third-order valence-electron chi connectivity index (χ3n) is 4.91. The number of ether oxygens (including phenoxy) is 1. The van der Waals surface area contributed by atoms with Gasteiger partial charge in [0.2, 0.25) is 0 Å². The van der Waals surface area contributed by atoms with Gasteiger partial charge in [-0.15, -0.1) is 0 Å². The van der Waals surface area contributed by atoms with Crippen LogP contribution in [0.2, 0.25) is 0 Å². The molecule has 3 heteroatoms. The third-order valence-corrected chi connectivity index (χ3v) is 4.91. The van der Waals surface area contributed by atoms with E-state index >= 15 is 0 Å². The van der Waals surface area contributed by atoms with Crippen LogP contribution >= 0.6 is 0 Å². The highest BCUT2D eigenvalue weighted by molar-refractivity contribution is 5.63. The lowest BCUT2D eigenvalue weighted by Crippen LogP contribution is -2.29. The molecule has 0 aromatic heterocycles. The van der Waals surface area contributed by atoms with Crippen molar-refractivity contribution in [3.63, 3.8) is 0 Å². The van der Waals surface area contributed by atoms with Crippen LogP contribution in [0.5, 0.6) is 5.75 Å². The molecule has 1 fully saturated rings. The molecule has 0 radical (unpaired) electrons. The van der Waals surface area contributed by atoms with Crippen LogP contribution in [-0.2, 0) is 4.74 Å². The molecular formula is C19H21NO2. The van der Waals surface area contributed by atoms with Gasteiger partial charge in [-0.2, -0.15) is 0 Å². The van der Waals surface area contributed by atoms with Gasteiger partial charge in [-0.05, 0) is 43.5 Å². The summed E-state index contributed by atoms with van der Waals surface area (Å²) >= 11 is 0. The molecule has 2 aromatic carbocycles. The fraction of sp³-hybridized carbons (Fsp3) is 0.368. The smallest absolute Gasteiger partial charge is 0.115 e. The summed E-state index contributed by atoms with van der Waals surface area (Å²) in [7, 11) is 0. The van der Waals surface area contributed by atoms with E-state index in [1.54, 1.807) is 6.07 Å². The zero-order valence-corrected chi connectivity index (χ0v) is 13.0. The van der Waals surface area contributed by atoms with E-state index in [9.17, 15) is 5.11 Å². The number of rotatable bonds is 1. The van der Waals surface area contributed by atoms with Crippen LogP contribution in [-0.4, -0.2) is 11.7 Å². The van der Waals surface area contributed by atoms with Crippen molar-refractivity contribution in [2.45, 2.75) is 32.4 Å². The van der Waals surface area contributed by atoms with Crippen molar-refractivity contribution < 1.29 is 9.84 Å². The Morgan fingerprint density at radius 2 is 2.05 bits per heavy atom. The molecule has 2 N–H and O–H groups in total. The second kappa shape index (κ2) is 5.03. The highest BCUT2D eigenvalue weighted by atomic mass is 16.5. The Balaban J connectivity index is 1.83. The van der Waals surface area contributed by atoms with E-state index in [-0.39, 0.29) is 12.1 Å². The third kappa shape index (κ3) is 2.08. The van der Waals surface area contributed by atoms with E-state index < -0.39 is 0 Å². The number of anilines is 1. The molecule has 114 valence electrons. The predicted molar refractivity (Wildman–Crippen MR) is 87.2 cm³/mol. The lowest BCUT2D eigenvalue weighted by Gasteiger charge is -2.37. The van der Waals surface area contributed by atoms with Crippen molar-refractivity contribution >= 4 is 5.69 Å². The number of benzene rings is 2. The van der Waals surface area contributed by atoms with E-state index in [1.165, 1.54) is 22.4 Å². The van der Waals surface area contributed by atoms with Gasteiger partial charge in [0.05, 0.1) is 12.1 Å². The van der Waals surface area contributed by atoms with Crippen molar-refractivity contribution in [1.82, 2.24) is 0 Å². The predicted octanol–water partition coefficient (Wildman–Crippen LogP) is 4.25. The first-order valence-corrected chi connectivity index (χ1v) is 7.91. The summed E-state index contributed by atoms with van der Waals surface area (Å²) in [5.41, 5.74) is 6.15. The molecule has 3 atom stereocenters. The van der Waals surface area contributed by atoms with E-state index in [2.05, 4.69) is 37.4 Å². The first kappa shape index (κ1) is 13.6. The maximum absolute atomic E-state index is 9.81. The van der Waals surface area contributed by atoms with Gasteiger partial charge in [-0.1, -0.05) is 29.8 Å². The van der Waals surface area contributed by atoms with Crippen molar-refractivity contribution in [3.05, 3.63) is 58.7 Å². The van der Waals surface area contributed by atoms with E-state index in [4.69, 9.17) is 4.74 Å². The molecule has 1 unspecified atom stereocenters. The zero-order valence-electron chi connectivity index (χ0n) is 13.0. The summed E-state index contributed by atoms with van der Waals surface area (Å²) in [4.78, 5) is 0. The van der Waals surface area contributed by atoms with Crippen LogP contribution in [0.3, 0.4) is 0 Å². The Kier molecular flexibility index (Phi) is 3.12. The quantitative estimate of drug-likeness (QED) is 0.826. The number of fused-ring (bicyclic) bond motifs is 3. The standard InChI is InChI=1S/C19H21NO2/c1-11-8-12(2)17-16(9-11)19-15(6-7-22-19)18(20-17)13-4-3-5-14(21)10-13/h3-5,8-10,15,18-21H,6-7H2,1-2H3/t15-,18?,19-/m0/s1. The summed E-state index contributed by atoms with van der Waals surface area (Å²) in [6.45, 7) is 5.09. The molecule has 2 aromatic rings. The number of aromatic hydroxyl groups is 1. The molecule has 4 rings (SSSR count). The van der Waals surface area contributed by atoms with Crippen LogP contribution in [0.15, 0.2) is 36.4 Å². The highest BCUT2D eigenvalue weighted by Crippen LogP contribution is 2.51. The summed E-state index contributed by atoms with van der Waals surface area (Å²) in [5, 5.41) is 13.5. The minimum absolute atomic E-state index is 0.155. The number of nitrogens with one attached hydrogen (secondary N) is 1. The number of phenols is 1. The van der Waals surface area contributed by atoms with E-state index in [0.717, 1.165) is 18.6 Å². The van der Waals surface area contributed by atoms with Crippen LogP contribution in [0.25, 0.3) is 0 Å². The van der Waals surface area contributed by atoms with Gasteiger partial charge < -0.3 is 15.2 Å². The van der Waals surface area contributed by atoms with Gasteiger partial charge >= 0.3 is 0 Å². The average Bonchev–Trinajstić information content (AvgIpc) is 2.96. The van der Waals surface area contributed by atoms with Gasteiger partial charge in [0.1, 0.15) is 5.75 Å². The SMILES string of the molecule is Cc1cc(C)c2c(c1)[C@H]1OCC[C@H]1C(c1cccc(O)c1)N2. The Labute approximate surface area is 130 Å². The Morgan fingerprint density at radius 3 is 2.86 bits per heavy atom. The molecular weight excluding hydrogens is 274 g/mol. The molecule has 2 aliphatic heterocycles. The minimum atomic E-state index is 0.155. The summed E-state index contributed by atoms with van der Waals surface area (Å²) in [6, 6.07) is 12.2. The molecule has 1 saturated heterocycles. The molecule has 3 nitrogen and oxygen atoms in total. The molecule has 2 heterocycles. The largest absolute Gasteiger partial charge is 0.508 e. The summed E-state index contributed by atoms with van der Waals surface area (Å²) < 4.78 is 6.07. The van der Waals surface area contributed by atoms with Crippen LogP contribution in [0.1, 0.15) is 40.8 Å². The molecule has 22 heavy (non-hydrogen) atoms. The molecule has 0 saturated carbocycles. The van der Waals surface area contributed by atoms with E-state index in [0.29, 0.717) is 11.7 Å². The first-order chi connectivity index (χ1) is 10.6. The van der Waals surface area contributed by atoms with Crippen molar-refractivity contribution in [3.8, 4) is 5.75 Å². The van der Waals surface area contributed by atoms with Gasteiger partial charge in [0, 0.05) is 23.8 Å². The topological polar surface area (TPSA) is 41.5 Å². The van der Waals surface area contributed by atoms with Crippen molar-refractivity contribution in [1.29, 1.82) is 0 Å². The molecule has 0 bridgehead atoms. The maximum atomic E-state index is 9.81. The normalized spacial score (nSPS) is 26.2. The fourth-order valence-electron chi connectivity index (χ4n) is 4.00. The number of hydrogen-bond donors (Lipinski definition) is 2. The van der Waals surface area contributed by atoms with Crippen molar-refractivity contribution in [2.24, 2.45) is 5.92 Å². The Hall–Kier alpha value is -2.00. The van der Waals surface area contributed by atoms with Gasteiger partial charge in [0.15, 0.2) is 0 Å². The number of aryl methyl sites for hydroxylation is 2. The fourth-order valence-corrected chi connectivity index (χ4v) is 4.00. The lowest BCUT2D eigenvalue weighted by atomic mass is 9.80. The van der Waals surface area contributed by atoms with Gasteiger partial charge in [0.25, 0.3) is 0 Å². The van der Waals surface area contributed by atoms with Crippen molar-refractivity contribution in [2.75, 3.05) is 11.9 Å². The van der Waals surface area contributed by atoms with Crippen LogP contribution in [0, 0.1) is 19.8 Å². The zero-order chi connectivity index (χ0) is 15.3. The Morgan fingerprint density at radius 1 is 1.18 bits per heavy atom. The minimum Gasteiger partial charge on any atom is -0.508 e. The highest BCUT2D eigenvalue weighted by Gasteiger charge is 2.41. The van der Waals surface area contributed by atoms with Gasteiger partial charge in [-0.3, -0.25) is 0 Å². The summed E-state index contributed by atoms with van der Waals surface area (Å²) in [6.07, 6.45) is 1.20. The molecule has 0 spiro atoms. The van der Waals surface area contributed by atoms with E-state index in [1.807, 2.05) is 12.1 Å². The van der Waals surface area contributed by atoms with Crippen LogP contribution in [0.4, 0.5) is 5.69 Å². The maximum Gasteiger partial charge on any atom is 0.115 e. The Bertz CT molecular complexity index is 725. The summed E-state index contributed by atoms with van der Waals surface area (Å²) in [5.74, 6) is 0.733. The van der Waals surface area contributed by atoms with Gasteiger partial charge in [-0.25, -0.2) is 0 Å². The first-order valence-electron chi connectivity index (χ1n) is 7.91. The monoisotopic (exact) mass is 295 g/mol. The molecule has 0 amide bonds. The van der Waals surface area contributed by atoms with Crippen LogP contribution < -0.4 is 5.32 Å². The second-order valence-corrected chi connectivity index (χ2v) is 6.51. The molecule has 0 aliphatic carbocycles. The lowest BCUT2D eigenvalue weighted by molar-refractivity contribution is 0.0828.